The van der Waals surface area contributed by atoms with E-state index in [0.29, 0.717) is 18.1 Å². The average Bonchev–Trinajstić information content (AvgIpc) is 2.61. The van der Waals surface area contributed by atoms with Crippen molar-refractivity contribution in [2.75, 3.05) is 24.5 Å². The fourth-order valence-corrected chi connectivity index (χ4v) is 2.35. The van der Waals surface area contributed by atoms with E-state index in [4.69, 9.17) is 0 Å². The first-order chi connectivity index (χ1) is 11.2. The molecule has 1 amide bonds. The molecule has 1 aromatic carbocycles. The van der Waals surface area contributed by atoms with Crippen molar-refractivity contribution in [1.82, 2.24) is 15.3 Å². The smallest absolute Gasteiger partial charge is 0.254 e. The van der Waals surface area contributed by atoms with E-state index in [9.17, 15) is 4.79 Å². The van der Waals surface area contributed by atoms with Crippen LogP contribution < -0.4 is 10.2 Å². The minimum atomic E-state index is -0.121. The Morgan fingerprint density at radius 2 is 1.74 bits per heavy atom. The summed E-state index contributed by atoms with van der Waals surface area (Å²) in [7, 11) is 0. The first-order valence-corrected chi connectivity index (χ1v) is 8.13. The van der Waals surface area contributed by atoms with Gasteiger partial charge in [-0.05, 0) is 32.3 Å². The van der Waals surface area contributed by atoms with Gasteiger partial charge in [-0.1, -0.05) is 30.3 Å². The second-order valence-electron chi connectivity index (χ2n) is 5.29. The summed E-state index contributed by atoms with van der Waals surface area (Å²) >= 11 is 0. The quantitative estimate of drug-likeness (QED) is 0.761. The van der Waals surface area contributed by atoms with Crippen molar-refractivity contribution in [2.24, 2.45) is 0 Å². The Kier molecular flexibility index (Phi) is 6.54. The highest BCUT2D eigenvalue weighted by Gasteiger charge is 2.09. The molecule has 122 valence electrons. The summed E-state index contributed by atoms with van der Waals surface area (Å²) in [6.07, 6.45) is 5.05. The molecule has 2 aromatic rings. The summed E-state index contributed by atoms with van der Waals surface area (Å²) in [6, 6.07) is 10.3. The molecular weight excluding hydrogens is 288 g/mol. The van der Waals surface area contributed by atoms with Crippen molar-refractivity contribution in [3.8, 4) is 0 Å². The largest absolute Gasteiger partial charge is 0.352 e. The van der Waals surface area contributed by atoms with Crippen molar-refractivity contribution in [3.05, 3.63) is 53.9 Å². The monoisotopic (exact) mass is 312 g/mol. The van der Waals surface area contributed by atoms with Gasteiger partial charge < -0.3 is 10.2 Å². The molecular formula is C18H24N4O. The molecule has 23 heavy (non-hydrogen) atoms. The summed E-state index contributed by atoms with van der Waals surface area (Å²) in [5.74, 6) is 0.541. The molecule has 0 aliphatic rings. The van der Waals surface area contributed by atoms with Gasteiger partial charge in [-0.15, -0.1) is 0 Å². The van der Waals surface area contributed by atoms with Gasteiger partial charge in [0.05, 0.1) is 5.56 Å². The number of hydrogen-bond donors (Lipinski definition) is 1. The predicted octanol–water partition coefficient (Wildman–Crippen LogP) is 2.69. The van der Waals surface area contributed by atoms with Gasteiger partial charge in [0.25, 0.3) is 5.91 Å². The van der Waals surface area contributed by atoms with E-state index in [1.807, 2.05) is 23.1 Å². The first kappa shape index (κ1) is 16.9. The summed E-state index contributed by atoms with van der Waals surface area (Å²) < 4.78 is 0. The van der Waals surface area contributed by atoms with Gasteiger partial charge in [0.15, 0.2) is 0 Å². The van der Waals surface area contributed by atoms with E-state index in [1.54, 1.807) is 12.4 Å². The molecule has 0 aliphatic heterocycles. The predicted molar refractivity (Wildman–Crippen MR) is 92.7 cm³/mol. The second-order valence-corrected chi connectivity index (χ2v) is 5.29. The normalized spacial score (nSPS) is 10.3. The number of anilines is 1. The number of carbonyl (C=O) groups excluding carboxylic acids is 1. The van der Waals surface area contributed by atoms with Crippen LogP contribution >= 0.6 is 0 Å². The molecule has 2 rings (SSSR count). The SMILES string of the molecule is CCN(CC)c1ncc(C(=O)NCCCc2ccccc2)cn1. The van der Waals surface area contributed by atoms with Crippen LogP contribution in [0.15, 0.2) is 42.7 Å². The summed E-state index contributed by atoms with van der Waals surface area (Å²) in [4.78, 5) is 22.7. The highest BCUT2D eigenvalue weighted by atomic mass is 16.1. The van der Waals surface area contributed by atoms with Gasteiger partial charge in [0, 0.05) is 32.0 Å². The Hall–Kier alpha value is -2.43. The molecule has 0 saturated carbocycles. The molecule has 0 aliphatic carbocycles. The van der Waals surface area contributed by atoms with E-state index in [0.717, 1.165) is 25.9 Å². The van der Waals surface area contributed by atoms with Gasteiger partial charge >= 0.3 is 0 Å². The van der Waals surface area contributed by atoms with E-state index in [-0.39, 0.29) is 5.91 Å². The average molecular weight is 312 g/mol. The lowest BCUT2D eigenvalue weighted by atomic mass is 10.1. The fraction of sp³-hybridized carbons (Fsp3) is 0.389. The Morgan fingerprint density at radius 3 is 2.35 bits per heavy atom. The number of hydrogen-bond acceptors (Lipinski definition) is 4. The molecule has 1 heterocycles. The number of benzene rings is 1. The Morgan fingerprint density at radius 1 is 1.09 bits per heavy atom. The number of rotatable bonds is 8. The van der Waals surface area contributed by atoms with Crippen LogP contribution in [0.2, 0.25) is 0 Å². The van der Waals surface area contributed by atoms with Crippen molar-refractivity contribution in [1.29, 1.82) is 0 Å². The minimum Gasteiger partial charge on any atom is -0.352 e. The van der Waals surface area contributed by atoms with Crippen molar-refractivity contribution in [2.45, 2.75) is 26.7 Å². The zero-order valence-electron chi connectivity index (χ0n) is 13.8. The number of carbonyl (C=O) groups is 1. The van der Waals surface area contributed by atoms with Gasteiger partial charge in [0.1, 0.15) is 0 Å². The van der Waals surface area contributed by atoms with Crippen LogP contribution in [0, 0.1) is 0 Å². The molecule has 0 saturated heterocycles. The first-order valence-electron chi connectivity index (χ1n) is 8.13. The zero-order chi connectivity index (χ0) is 16.5. The summed E-state index contributed by atoms with van der Waals surface area (Å²) in [5.41, 5.74) is 1.79. The lowest BCUT2D eigenvalue weighted by Crippen LogP contribution is -2.27. The zero-order valence-corrected chi connectivity index (χ0v) is 13.8. The Balaban J connectivity index is 1.79. The lowest BCUT2D eigenvalue weighted by molar-refractivity contribution is 0.0952. The number of aromatic nitrogens is 2. The molecule has 5 nitrogen and oxygen atoms in total. The van der Waals surface area contributed by atoms with Crippen LogP contribution in [-0.2, 0) is 6.42 Å². The van der Waals surface area contributed by atoms with Gasteiger partial charge in [0.2, 0.25) is 5.95 Å². The van der Waals surface area contributed by atoms with Crippen LogP contribution in [0.25, 0.3) is 0 Å². The molecule has 0 unspecified atom stereocenters. The van der Waals surface area contributed by atoms with Gasteiger partial charge in [-0.3, -0.25) is 4.79 Å². The molecule has 0 bridgehead atoms. The molecule has 1 N–H and O–H groups in total. The minimum absolute atomic E-state index is 0.121. The van der Waals surface area contributed by atoms with E-state index < -0.39 is 0 Å². The molecule has 0 fully saturated rings. The van der Waals surface area contributed by atoms with Crippen molar-refractivity contribution < 1.29 is 4.79 Å². The Labute approximate surface area is 137 Å². The van der Waals surface area contributed by atoms with Crippen LogP contribution in [-0.4, -0.2) is 35.5 Å². The third-order valence-corrected chi connectivity index (χ3v) is 3.72. The molecule has 0 radical (unpaired) electrons. The van der Waals surface area contributed by atoms with E-state index >= 15 is 0 Å². The van der Waals surface area contributed by atoms with Crippen molar-refractivity contribution >= 4 is 11.9 Å². The maximum atomic E-state index is 12.1. The van der Waals surface area contributed by atoms with Crippen LogP contribution in [0.4, 0.5) is 5.95 Å². The number of nitrogens with one attached hydrogen (secondary N) is 1. The maximum Gasteiger partial charge on any atom is 0.254 e. The number of nitrogens with zero attached hydrogens (tertiary/aromatic N) is 3. The fourth-order valence-electron chi connectivity index (χ4n) is 2.35. The maximum absolute atomic E-state index is 12.1. The van der Waals surface area contributed by atoms with Crippen LogP contribution in [0.1, 0.15) is 36.2 Å². The second kappa shape index (κ2) is 8.88. The Bertz CT molecular complexity index is 594. The van der Waals surface area contributed by atoms with Gasteiger partial charge in [-0.2, -0.15) is 0 Å². The van der Waals surface area contributed by atoms with Crippen LogP contribution in [0.3, 0.4) is 0 Å². The van der Waals surface area contributed by atoms with E-state index in [1.165, 1.54) is 5.56 Å². The molecule has 1 aromatic heterocycles. The highest BCUT2D eigenvalue weighted by Crippen LogP contribution is 2.06. The van der Waals surface area contributed by atoms with Gasteiger partial charge in [-0.25, -0.2) is 9.97 Å². The third-order valence-electron chi connectivity index (χ3n) is 3.72. The van der Waals surface area contributed by atoms with Crippen LogP contribution in [0.5, 0.6) is 0 Å². The van der Waals surface area contributed by atoms with Crippen molar-refractivity contribution in [3.63, 3.8) is 0 Å². The summed E-state index contributed by atoms with van der Waals surface area (Å²) in [6.45, 7) is 6.45. The molecule has 0 spiro atoms. The molecule has 0 atom stereocenters. The topological polar surface area (TPSA) is 58.1 Å². The third kappa shape index (κ3) is 5.06. The number of amides is 1. The molecule has 5 heteroatoms. The lowest BCUT2D eigenvalue weighted by Gasteiger charge is -2.17. The van der Waals surface area contributed by atoms with E-state index in [2.05, 4.69) is 41.3 Å². The highest BCUT2D eigenvalue weighted by molar-refractivity contribution is 5.93. The standard InChI is InChI=1S/C18H24N4O/c1-3-22(4-2)18-20-13-16(14-21-18)17(23)19-12-8-11-15-9-6-5-7-10-15/h5-7,9-10,13-14H,3-4,8,11-12H2,1-2H3,(H,19,23). The number of aryl methyl sites for hydroxylation is 1. The summed E-state index contributed by atoms with van der Waals surface area (Å²) in [5, 5.41) is 2.91.